The van der Waals surface area contributed by atoms with Crippen LogP contribution >= 0.6 is 15.9 Å². The number of ether oxygens (including phenoxy) is 1. The number of fused-ring (bicyclic) bond motifs is 1. The molecule has 0 radical (unpaired) electrons. The smallest absolute Gasteiger partial charge is 0.141 e. The first-order valence-electron chi connectivity index (χ1n) is 6.64. The van der Waals surface area contributed by atoms with Gasteiger partial charge in [0.15, 0.2) is 0 Å². The van der Waals surface area contributed by atoms with Gasteiger partial charge in [-0.05, 0) is 41.1 Å². The molecular weight excluding hydrogens is 346 g/mol. The van der Waals surface area contributed by atoms with E-state index in [1.54, 1.807) is 19.2 Å². The lowest BCUT2D eigenvalue weighted by Gasteiger charge is -2.13. The molecule has 112 valence electrons. The Bertz CT molecular complexity index is 852. The van der Waals surface area contributed by atoms with Crippen molar-refractivity contribution in [2.24, 2.45) is 0 Å². The van der Waals surface area contributed by atoms with Gasteiger partial charge in [0, 0.05) is 22.7 Å². The van der Waals surface area contributed by atoms with E-state index in [9.17, 15) is 5.11 Å². The van der Waals surface area contributed by atoms with Gasteiger partial charge in [-0.2, -0.15) is 0 Å². The second-order valence-electron chi connectivity index (χ2n) is 4.80. The third-order valence-electron chi connectivity index (χ3n) is 3.46. The Morgan fingerprint density at radius 1 is 1.23 bits per heavy atom. The first kappa shape index (κ1) is 14.6. The Hall–Kier alpha value is -2.34. The number of methoxy groups -OCH3 is 1. The van der Waals surface area contributed by atoms with E-state index in [-0.39, 0.29) is 5.75 Å². The Kier molecular flexibility index (Phi) is 3.85. The first-order valence-corrected chi connectivity index (χ1v) is 7.43. The van der Waals surface area contributed by atoms with Crippen LogP contribution in [0.15, 0.2) is 41.1 Å². The zero-order valence-corrected chi connectivity index (χ0v) is 13.7. The predicted octanol–water partition coefficient (Wildman–Crippen LogP) is 4.16. The molecule has 0 unspecified atom stereocenters. The van der Waals surface area contributed by atoms with E-state index in [4.69, 9.17) is 4.74 Å². The molecule has 2 N–H and O–H groups in total. The maximum absolute atomic E-state index is 9.77. The van der Waals surface area contributed by atoms with Crippen molar-refractivity contribution in [2.75, 3.05) is 12.4 Å². The quantitative estimate of drug-likeness (QED) is 0.734. The van der Waals surface area contributed by atoms with Crippen LogP contribution in [0.3, 0.4) is 0 Å². The summed E-state index contributed by atoms with van der Waals surface area (Å²) in [5.41, 5.74) is 2.57. The lowest BCUT2D eigenvalue weighted by Crippen LogP contribution is -1.99. The Labute approximate surface area is 136 Å². The number of hydrogen-bond acceptors (Lipinski definition) is 5. The van der Waals surface area contributed by atoms with Gasteiger partial charge in [0.2, 0.25) is 0 Å². The highest BCUT2D eigenvalue weighted by Crippen LogP contribution is 2.33. The summed E-state index contributed by atoms with van der Waals surface area (Å²) in [4.78, 5) is 8.49. The Balaban J connectivity index is 2.10. The van der Waals surface area contributed by atoms with Gasteiger partial charge in [-0.25, -0.2) is 9.97 Å². The predicted molar refractivity (Wildman–Crippen MR) is 89.9 cm³/mol. The van der Waals surface area contributed by atoms with Gasteiger partial charge in [0.1, 0.15) is 23.6 Å². The second-order valence-corrected chi connectivity index (χ2v) is 5.66. The molecule has 0 spiro atoms. The highest BCUT2D eigenvalue weighted by molar-refractivity contribution is 9.10. The molecule has 0 bridgehead atoms. The van der Waals surface area contributed by atoms with E-state index >= 15 is 0 Å². The average molecular weight is 360 g/mol. The highest BCUT2D eigenvalue weighted by Gasteiger charge is 2.10. The topological polar surface area (TPSA) is 67.3 Å². The summed E-state index contributed by atoms with van der Waals surface area (Å²) < 4.78 is 5.93. The molecule has 6 heteroatoms. The molecule has 0 amide bonds. The normalized spacial score (nSPS) is 10.7. The van der Waals surface area contributed by atoms with Gasteiger partial charge >= 0.3 is 0 Å². The summed E-state index contributed by atoms with van der Waals surface area (Å²) in [6, 6.07) is 9.18. The second kappa shape index (κ2) is 5.81. The van der Waals surface area contributed by atoms with Gasteiger partial charge in [-0.3, -0.25) is 0 Å². The number of nitrogens with zero attached hydrogens (tertiary/aromatic N) is 2. The number of phenols is 1. The first-order chi connectivity index (χ1) is 10.6. The number of aromatic nitrogens is 2. The molecule has 22 heavy (non-hydrogen) atoms. The van der Waals surface area contributed by atoms with Crippen LogP contribution in [0.5, 0.6) is 11.5 Å². The molecule has 2 aromatic carbocycles. The van der Waals surface area contributed by atoms with Crippen LogP contribution < -0.4 is 10.1 Å². The molecule has 5 nitrogen and oxygen atoms in total. The molecule has 0 atom stereocenters. The molecular formula is C16H14BrN3O2. The number of halogens is 1. The van der Waals surface area contributed by atoms with Gasteiger partial charge in [-0.1, -0.05) is 6.07 Å². The maximum atomic E-state index is 9.77. The summed E-state index contributed by atoms with van der Waals surface area (Å²) >= 11 is 3.32. The highest BCUT2D eigenvalue weighted by atomic mass is 79.9. The minimum absolute atomic E-state index is 0.148. The van der Waals surface area contributed by atoms with E-state index < -0.39 is 0 Å². The number of anilines is 2. The molecule has 3 rings (SSSR count). The number of nitrogens with one attached hydrogen (secondary N) is 1. The van der Waals surface area contributed by atoms with Crippen molar-refractivity contribution in [1.29, 1.82) is 0 Å². The van der Waals surface area contributed by atoms with Crippen LogP contribution in [0.2, 0.25) is 0 Å². The monoisotopic (exact) mass is 359 g/mol. The summed E-state index contributed by atoms with van der Waals surface area (Å²) in [5.74, 6) is 1.62. The van der Waals surface area contributed by atoms with Gasteiger partial charge in [0.25, 0.3) is 0 Å². The molecule has 0 aliphatic carbocycles. The van der Waals surface area contributed by atoms with Crippen molar-refractivity contribution in [1.82, 2.24) is 9.97 Å². The van der Waals surface area contributed by atoms with Crippen molar-refractivity contribution in [3.05, 3.63) is 46.7 Å². The SMILES string of the molecule is COc1cccc(Nc2ncnc3cc(O)c(Br)cc23)c1C. The van der Waals surface area contributed by atoms with Gasteiger partial charge in [0.05, 0.1) is 17.1 Å². The average Bonchev–Trinajstić information content (AvgIpc) is 2.51. The van der Waals surface area contributed by atoms with Crippen LogP contribution in [0, 0.1) is 6.92 Å². The largest absolute Gasteiger partial charge is 0.507 e. The summed E-state index contributed by atoms with van der Waals surface area (Å²) in [6.45, 7) is 1.98. The van der Waals surface area contributed by atoms with E-state index in [1.807, 2.05) is 25.1 Å². The Morgan fingerprint density at radius 2 is 2.05 bits per heavy atom. The molecule has 3 aromatic rings. The number of aromatic hydroxyl groups is 1. The van der Waals surface area contributed by atoms with Crippen molar-refractivity contribution in [3.8, 4) is 11.5 Å². The minimum Gasteiger partial charge on any atom is -0.507 e. The fourth-order valence-electron chi connectivity index (χ4n) is 2.26. The fourth-order valence-corrected chi connectivity index (χ4v) is 2.61. The zero-order valence-electron chi connectivity index (χ0n) is 12.1. The van der Waals surface area contributed by atoms with E-state index in [2.05, 4.69) is 31.2 Å². The molecule has 0 aliphatic rings. The molecule has 0 saturated carbocycles. The molecule has 0 aliphatic heterocycles. The van der Waals surface area contributed by atoms with Crippen molar-refractivity contribution in [2.45, 2.75) is 6.92 Å². The van der Waals surface area contributed by atoms with Crippen LogP contribution in [0.1, 0.15) is 5.56 Å². The zero-order chi connectivity index (χ0) is 15.7. The standard InChI is InChI=1S/C16H14BrN3O2/c1-9-12(4-3-5-15(9)22-2)20-16-10-6-11(17)14(21)7-13(10)18-8-19-16/h3-8,21H,1-2H3,(H,18,19,20). The molecule has 1 aromatic heterocycles. The van der Waals surface area contributed by atoms with E-state index in [0.29, 0.717) is 15.8 Å². The number of phenolic OH excluding ortho intramolecular Hbond substituents is 1. The van der Waals surface area contributed by atoms with Crippen molar-refractivity contribution >= 4 is 38.3 Å². The van der Waals surface area contributed by atoms with Crippen molar-refractivity contribution in [3.63, 3.8) is 0 Å². The fraction of sp³-hybridized carbons (Fsp3) is 0.125. The number of benzene rings is 2. The summed E-state index contributed by atoms with van der Waals surface area (Å²) in [6.07, 6.45) is 1.47. The number of hydrogen-bond donors (Lipinski definition) is 2. The number of rotatable bonds is 3. The molecule has 0 fully saturated rings. The third-order valence-corrected chi connectivity index (χ3v) is 4.10. The minimum atomic E-state index is 0.148. The van der Waals surface area contributed by atoms with Crippen molar-refractivity contribution < 1.29 is 9.84 Å². The molecule has 0 saturated heterocycles. The Morgan fingerprint density at radius 3 is 2.82 bits per heavy atom. The van der Waals surface area contributed by atoms with Crippen LogP contribution in [-0.4, -0.2) is 22.2 Å². The van der Waals surface area contributed by atoms with E-state index in [1.165, 1.54) is 6.33 Å². The van der Waals surface area contributed by atoms with Crippen LogP contribution in [0.4, 0.5) is 11.5 Å². The molecule has 1 heterocycles. The van der Waals surface area contributed by atoms with Crippen LogP contribution in [-0.2, 0) is 0 Å². The van der Waals surface area contributed by atoms with Crippen LogP contribution in [0.25, 0.3) is 10.9 Å². The lowest BCUT2D eigenvalue weighted by molar-refractivity contribution is 0.412. The summed E-state index contributed by atoms with van der Waals surface area (Å²) in [5, 5.41) is 13.9. The third kappa shape index (κ3) is 2.57. The maximum Gasteiger partial charge on any atom is 0.141 e. The van der Waals surface area contributed by atoms with Gasteiger partial charge < -0.3 is 15.2 Å². The van der Waals surface area contributed by atoms with E-state index in [0.717, 1.165) is 22.4 Å². The lowest BCUT2D eigenvalue weighted by atomic mass is 10.1. The summed E-state index contributed by atoms with van der Waals surface area (Å²) in [7, 11) is 1.64. The van der Waals surface area contributed by atoms with Gasteiger partial charge in [-0.15, -0.1) is 0 Å².